The minimum atomic E-state index is -0.654. The number of rotatable bonds is 4. The highest BCUT2D eigenvalue weighted by atomic mass is 35.5. The molecule has 1 unspecified atom stereocenters. The zero-order valence-electron chi connectivity index (χ0n) is 11.6. The molecule has 0 heterocycles. The summed E-state index contributed by atoms with van der Waals surface area (Å²) in [6.45, 7) is 5.63. The summed E-state index contributed by atoms with van der Waals surface area (Å²) in [4.78, 5) is 11.7. The number of nitrogens with two attached hydrogens (primary N) is 1. The molecule has 1 aromatic carbocycles. The van der Waals surface area contributed by atoms with Crippen LogP contribution in [0, 0.1) is 0 Å². The van der Waals surface area contributed by atoms with Crippen molar-refractivity contribution in [2.24, 2.45) is 5.73 Å². The van der Waals surface area contributed by atoms with Crippen LogP contribution in [0.4, 0.5) is 0 Å². The molecular weight excluding hydrogens is 285 g/mol. The standard InChI is InChI=1S/C14H19Cl2NO2/c1-13(2,17)14(3,8-12(18)19-4)10-6-5-9(15)7-11(10)16/h5-7H,8,17H2,1-4H3. The number of carbonyl (C=O) groups is 1. The first kappa shape index (κ1) is 16.3. The van der Waals surface area contributed by atoms with E-state index in [2.05, 4.69) is 0 Å². The Morgan fingerprint density at radius 2 is 1.89 bits per heavy atom. The fourth-order valence-electron chi connectivity index (χ4n) is 1.97. The molecule has 5 heteroatoms. The van der Waals surface area contributed by atoms with Crippen LogP contribution in [-0.4, -0.2) is 18.6 Å². The molecular formula is C14H19Cl2NO2. The Labute approximate surface area is 124 Å². The molecule has 0 aliphatic carbocycles. The molecule has 1 aromatic rings. The summed E-state index contributed by atoms with van der Waals surface area (Å²) < 4.78 is 4.76. The number of methoxy groups -OCH3 is 1. The van der Waals surface area contributed by atoms with Gasteiger partial charge in [0.2, 0.25) is 0 Å². The number of esters is 1. The highest BCUT2D eigenvalue weighted by Gasteiger charge is 2.43. The van der Waals surface area contributed by atoms with E-state index in [0.29, 0.717) is 10.0 Å². The Hall–Kier alpha value is -0.770. The molecule has 0 amide bonds. The monoisotopic (exact) mass is 303 g/mol. The van der Waals surface area contributed by atoms with Crippen molar-refractivity contribution in [3.05, 3.63) is 33.8 Å². The second kappa shape index (κ2) is 5.70. The van der Waals surface area contributed by atoms with Crippen molar-refractivity contribution in [1.82, 2.24) is 0 Å². The smallest absolute Gasteiger partial charge is 0.306 e. The molecule has 1 rings (SSSR count). The van der Waals surface area contributed by atoms with Crippen molar-refractivity contribution in [2.45, 2.75) is 38.1 Å². The SMILES string of the molecule is COC(=O)CC(C)(c1ccc(Cl)cc1Cl)C(C)(C)N. The Kier molecular flexibility index (Phi) is 4.88. The van der Waals surface area contributed by atoms with E-state index in [1.807, 2.05) is 26.8 Å². The second-order valence-corrected chi connectivity index (χ2v) is 6.27. The fraction of sp³-hybridized carbons (Fsp3) is 0.500. The van der Waals surface area contributed by atoms with Gasteiger partial charge in [-0.05, 0) is 31.5 Å². The predicted molar refractivity (Wildman–Crippen MR) is 78.7 cm³/mol. The van der Waals surface area contributed by atoms with Crippen molar-refractivity contribution in [3.8, 4) is 0 Å². The Morgan fingerprint density at radius 3 is 2.32 bits per heavy atom. The van der Waals surface area contributed by atoms with E-state index in [1.54, 1.807) is 12.1 Å². The average Bonchev–Trinajstić information content (AvgIpc) is 2.26. The number of halogens is 2. The van der Waals surface area contributed by atoms with Crippen LogP contribution < -0.4 is 5.73 Å². The molecule has 0 saturated heterocycles. The minimum absolute atomic E-state index is 0.147. The zero-order valence-corrected chi connectivity index (χ0v) is 13.1. The third-order valence-corrected chi connectivity index (χ3v) is 4.22. The molecule has 0 fully saturated rings. The van der Waals surface area contributed by atoms with Gasteiger partial charge in [0, 0.05) is 21.0 Å². The average molecular weight is 304 g/mol. The molecule has 0 radical (unpaired) electrons. The molecule has 19 heavy (non-hydrogen) atoms. The van der Waals surface area contributed by atoms with Crippen LogP contribution in [-0.2, 0) is 14.9 Å². The van der Waals surface area contributed by atoms with Crippen molar-refractivity contribution >= 4 is 29.2 Å². The minimum Gasteiger partial charge on any atom is -0.469 e. The van der Waals surface area contributed by atoms with E-state index in [4.69, 9.17) is 33.7 Å². The highest BCUT2D eigenvalue weighted by Crippen LogP contribution is 2.41. The van der Waals surface area contributed by atoms with E-state index >= 15 is 0 Å². The lowest BCUT2D eigenvalue weighted by atomic mass is 9.66. The first-order valence-corrected chi connectivity index (χ1v) is 6.68. The molecule has 1 atom stereocenters. The number of ether oxygens (including phenoxy) is 1. The molecule has 2 N–H and O–H groups in total. The summed E-state index contributed by atoms with van der Waals surface area (Å²) >= 11 is 12.2. The summed E-state index contributed by atoms with van der Waals surface area (Å²) in [5.74, 6) is -0.327. The lowest BCUT2D eigenvalue weighted by Crippen LogP contribution is -2.53. The summed E-state index contributed by atoms with van der Waals surface area (Å²) in [7, 11) is 1.36. The molecule has 3 nitrogen and oxygen atoms in total. The van der Waals surface area contributed by atoms with Gasteiger partial charge < -0.3 is 10.5 Å². The van der Waals surface area contributed by atoms with E-state index in [9.17, 15) is 4.79 Å². The van der Waals surface area contributed by atoms with E-state index < -0.39 is 11.0 Å². The number of carbonyl (C=O) groups excluding carboxylic acids is 1. The maximum absolute atomic E-state index is 11.7. The zero-order chi connectivity index (χ0) is 14.8. The van der Waals surface area contributed by atoms with Gasteiger partial charge in [-0.25, -0.2) is 0 Å². The molecule has 106 valence electrons. The van der Waals surface area contributed by atoms with Gasteiger partial charge >= 0.3 is 5.97 Å². The van der Waals surface area contributed by atoms with Gasteiger partial charge in [-0.2, -0.15) is 0 Å². The largest absolute Gasteiger partial charge is 0.469 e. The van der Waals surface area contributed by atoms with Crippen LogP contribution in [0.2, 0.25) is 10.0 Å². The first-order chi connectivity index (χ1) is 8.61. The second-order valence-electron chi connectivity index (χ2n) is 5.43. The van der Waals surface area contributed by atoms with Gasteiger partial charge in [0.1, 0.15) is 0 Å². The van der Waals surface area contributed by atoms with Gasteiger partial charge in [0.25, 0.3) is 0 Å². The third-order valence-electron chi connectivity index (χ3n) is 3.67. The Balaban J connectivity index is 3.35. The van der Waals surface area contributed by atoms with Gasteiger partial charge in [0.05, 0.1) is 13.5 Å². The lowest BCUT2D eigenvalue weighted by Gasteiger charge is -2.42. The Morgan fingerprint density at radius 1 is 1.32 bits per heavy atom. The van der Waals surface area contributed by atoms with E-state index in [1.165, 1.54) is 7.11 Å². The summed E-state index contributed by atoms with van der Waals surface area (Å²) in [6.07, 6.45) is 0.147. The molecule has 0 aromatic heterocycles. The van der Waals surface area contributed by atoms with Crippen LogP contribution in [0.15, 0.2) is 18.2 Å². The Bertz CT molecular complexity index is 483. The lowest BCUT2D eigenvalue weighted by molar-refractivity contribution is -0.142. The van der Waals surface area contributed by atoms with Crippen molar-refractivity contribution in [1.29, 1.82) is 0 Å². The summed E-state index contributed by atoms with van der Waals surface area (Å²) in [6, 6.07) is 5.20. The fourth-order valence-corrected chi connectivity index (χ4v) is 2.58. The topological polar surface area (TPSA) is 52.3 Å². The quantitative estimate of drug-likeness (QED) is 0.865. The number of benzene rings is 1. The third kappa shape index (κ3) is 3.41. The molecule has 0 spiro atoms. The van der Waals surface area contributed by atoms with Crippen LogP contribution in [0.5, 0.6) is 0 Å². The van der Waals surface area contributed by atoms with Crippen molar-refractivity contribution in [3.63, 3.8) is 0 Å². The molecule has 0 saturated carbocycles. The van der Waals surface area contributed by atoms with Gasteiger partial charge in [-0.1, -0.05) is 36.2 Å². The van der Waals surface area contributed by atoms with E-state index in [0.717, 1.165) is 5.56 Å². The van der Waals surface area contributed by atoms with Crippen molar-refractivity contribution < 1.29 is 9.53 Å². The van der Waals surface area contributed by atoms with Crippen LogP contribution in [0.25, 0.3) is 0 Å². The summed E-state index contributed by atoms with van der Waals surface area (Å²) in [5, 5.41) is 1.04. The van der Waals surface area contributed by atoms with Crippen LogP contribution in [0.1, 0.15) is 32.8 Å². The predicted octanol–water partition coefficient (Wildman–Crippen LogP) is 3.55. The van der Waals surface area contributed by atoms with Crippen LogP contribution in [0.3, 0.4) is 0 Å². The maximum Gasteiger partial charge on any atom is 0.306 e. The molecule has 0 aliphatic heterocycles. The maximum atomic E-state index is 11.7. The van der Waals surface area contributed by atoms with Gasteiger partial charge in [-0.3, -0.25) is 4.79 Å². The highest BCUT2D eigenvalue weighted by molar-refractivity contribution is 6.35. The van der Waals surface area contributed by atoms with Gasteiger partial charge in [-0.15, -0.1) is 0 Å². The van der Waals surface area contributed by atoms with Crippen molar-refractivity contribution in [2.75, 3.05) is 7.11 Å². The first-order valence-electron chi connectivity index (χ1n) is 5.93. The number of hydrogen-bond acceptors (Lipinski definition) is 3. The summed E-state index contributed by atoms with van der Waals surface area (Å²) in [5.41, 5.74) is 5.74. The van der Waals surface area contributed by atoms with E-state index in [-0.39, 0.29) is 12.4 Å². The molecule has 0 bridgehead atoms. The normalized spacial score (nSPS) is 14.9. The van der Waals surface area contributed by atoms with Gasteiger partial charge in [0.15, 0.2) is 0 Å². The van der Waals surface area contributed by atoms with Crippen LogP contribution >= 0.6 is 23.2 Å². The number of hydrogen-bond donors (Lipinski definition) is 1. The molecule has 0 aliphatic rings.